The lowest BCUT2D eigenvalue weighted by Crippen LogP contribution is -2.28. The minimum absolute atomic E-state index is 0.255. The molecule has 1 aromatic heterocycles. The Labute approximate surface area is 94.5 Å². The molecule has 2 aliphatic carbocycles. The molecule has 2 heteroatoms. The fourth-order valence-electron chi connectivity index (χ4n) is 2.76. The summed E-state index contributed by atoms with van der Waals surface area (Å²) in [4.78, 5) is 13.7. The summed E-state index contributed by atoms with van der Waals surface area (Å²) in [7, 11) is 0. The van der Waals surface area contributed by atoms with Crippen LogP contribution in [0.5, 0.6) is 0 Å². The van der Waals surface area contributed by atoms with Crippen LogP contribution in [0.15, 0.2) is 11.4 Å². The Hall–Kier alpha value is -0.630. The van der Waals surface area contributed by atoms with Crippen molar-refractivity contribution in [3.8, 4) is 0 Å². The van der Waals surface area contributed by atoms with Gasteiger partial charge in [-0.05, 0) is 49.1 Å². The Morgan fingerprint density at radius 3 is 2.87 bits per heavy atom. The largest absolute Gasteiger partial charge is 0.299 e. The van der Waals surface area contributed by atoms with Gasteiger partial charge in [-0.1, -0.05) is 6.42 Å². The smallest absolute Gasteiger partial charge is 0.143 e. The van der Waals surface area contributed by atoms with Crippen LogP contribution in [0.4, 0.5) is 0 Å². The fraction of sp³-hybridized carbons (Fsp3) is 0.615. The third-order valence-electron chi connectivity index (χ3n) is 3.90. The van der Waals surface area contributed by atoms with Crippen LogP contribution in [0, 0.1) is 5.92 Å². The summed E-state index contributed by atoms with van der Waals surface area (Å²) in [5, 5.41) is 2.15. The number of hydrogen-bond donors (Lipinski definition) is 0. The van der Waals surface area contributed by atoms with Gasteiger partial charge in [-0.3, -0.25) is 4.79 Å². The summed E-state index contributed by atoms with van der Waals surface area (Å²) in [5.74, 6) is 1.20. The summed E-state index contributed by atoms with van der Waals surface area (Å²) in [6, 6.07) is 2.18. The lowest BCUT2D eigenvalue weighted by molar-refractivity contribution is -0.127. The highest BCUT2D eigenvalue weighted by Gasteiger charge is 2.34. The number of ketones is 1. The lowest BCUT2D eigenvalue weighted by Gasteiger charge is -2.30. The van der Waals surface area contributed by atoms with E-state index in [-0.39, 0.29) is 5.92 Å². The fourth-order valence-corrected chi connectivity index (χ4v) is 3.75. The summed E-state index contributed by atoms with van der Waals surface area (Å²) in [6.07, 6.45) is 7.06. The maximum absolute atomic E-state index is 12.2. The summed E-state index contributed by atoms with van der Waals surface area (Å²) in [5.41, 5.74) is 1.36. The summed E-state index contributed by atoms with van der Waals surface area (Å²) < 4.78 is 0. The molecule has 2 aliphatic rings. The van der Waals surface area contributed by atoms with E-state index in [1.54, 1.807) is 0 Å². The van der Waals surface area contributed by atoms with Gasteiger partial charge in [-0.2, -0.15) is 0 Å². The molecule has 80 valence electrons. The second-order valence-electron chi connectivity index (χ2n) is 4.77. The van der Waals surface area contributed by atoms with Gasteiger partial charge in [0, 0.05) is 16.7 Å². The normalized spacial score (nSPS) is 25.7. The molecule has 3 rings (SSSR count). The van der Waals surface area contributed by atoms with Crippen LogP contribution in [0.2, 0.25) is 0 Å². The van der Waals surface area contributed by atoms with Gasteiger partial charge in [-0.25, -0.2) is 0 Å². The van der Waals surface area contributed by atoms with E-state index in [2.05, 4.69) is 11.4 Å². The Kier molecular flexibility index (Phi) is 2.39. The van der Waals surface area contributed by atoms with Crippen molar-refractivity contribution < 1.29 is 4.79 Å². The molecule has 0 radical (unpaired) electrons. The van der Waals surface area contributed by atoms with Crippen molar-refractivity contribution in [2.75, 3.05) is 0 Å². The molecular weight excluding hydrogens is 204 g/mol. The number of aryl methyl sites for hydroxylation is 1. The molecule has 0 spiro atoms. The number of fused-ring (bicyclic) bond motifs is 1. The predicted molar refractivity (Wildman–Crippen MR) is 62.3 cm³/mol. The van der Waals surface area contributed by atoms with Crippen molar-refractivity contribution in [1.29, 1.82) is 0 Å². The molecule has 0 amide bonds. The quantitative estimate of drug-likeness (QED) is 0.745. The Balaban J connectivity index is 1.85. The topological polar surface area (TPSA) is 17.1 Å². The number of thiophene rings is 1. The molecule has 0 aromatic carbocycles. The van der Waals surface area contributed by atoms with E-state index < -0.39 is 0 Å². The van der Waals surface area contributed by atoms with Crippen LogP contribution in [-0.4, -0.2) is 5.78 Å². The molecule has 0 aliphatic heterocycles. The van der Waals surface area contributed by atoms with Crippen molar-refractivity contribution in [3.63, 3.8) is 0 Å². The van der Waals surface area contributed by atoms with Crippen LogP contribution in [0.25, 0.3) is 0 Å². The second kappa shape index (κ2) is 3.75. The van der Waals surface area contributed by atoms with Crippen molar-refractivity contribution >= 4 is 17.1 Å². The number of carbonyl (C=O) groups is 1. The van der Waals surface area contributed by atoms with Crippen molar-refractivity contribution in [2.45, 2.75) is 44.4 Å². The standard InChI is InChI=1S/C13H16OS/c14-13(9-3-1-4-9)11-5-2-6-12-10(11)7-8-15-12/h7-9,11H,1-6H2. The molecule has 1 heterocycles. The zero-order valence-electron chi connectivity index (χ0n) is 8.87. The monoisotopic (exact) mass is 220 g/mol. The molecule has 0 N–H and O–H groups in total. The minimum atomic E-state index is 0.255. The van der Waals surface area contributed by atoms with Gasteiger partial charge in [0.2, 0.25) is 0 Å². The molecule has 1 fully saturated rings. The first-order chi connectivity index (χ1) is 7.36. The van der Waals surface area contributed by atoms with E-state index in [1.165, 1.54) is 29.7 Å². The van der Waals surface area contributed by atoms with E-state index in [1.807, 2.05) is 11.3 Å². The van der Waals surface area contributed by atoms with Gasteiger partial charge in [0.25, 0.3) is 0 Å². The molecule has 1 atom stereocenters. The number of carbonyl (C=O) groups excluding carboxylic acids is 1. The molecule has 0 bridgehead atoms. The van der Waals surface area contributed by atoms with E-state index >= 15 is 0 Å². The molecule has 0 saturated heterocycles. The first kappa shape index (κ1) is 9.59. The first-order valence-corrected chi connectivity index (χ1v) is 6.84. The minimum Gasteiger partial charge on any atom is -0.299 e. The predicted octanol–water partition coefficient (Wildman–Crippen LogP) is 3.54. The van der Waals surface area contributed by atoms with E-state index in [4.69, 9.17) is 0 Å². The van der Waals surface area contributed by atoms with E-state index in [0.717, 1.165) is 19.3 Å². The van der Waals surface area contributed by atoms with Crippen LogP contribution in [0.1, 0.15) is 48.5 Å². The zero-order valence-corrected chi connectivity index (χ0v) is 9.69. The Morgan fingerprint density at radius 2 is 2.13 bits per heavy atom. The van der Waals surface area contributed by atoms with Crippen molar-refractivity contribution in [3.05, 3.63) is 21.9 Å². The van der Waals surface area contributed by atoms with Gasteiger partial charge in [0.15, 0.2) is 0 Å². The van der Waals surface area contributed by atoms with Crippen LogP contribution in [-0.2, 0) is 11.2 Å². The highest BCUT2D eigenvalue weighted by atomic mass is 32.1. The highest BCUT2D eigenvalue weighted by Crippen LogP contribution is 2.40. The summed E-state index contributed by atoms with van der Waals surface area (Å²) >= 11 is 1.83. The van der Waals surface area contributed by atoms with E-state index in [9.17, 15) is 4.79 Å². The zero-order chi connectivity index (χ0) is 10.3. The van der Waals surface area contributed by atoms with Crippen LogP contribution in [0.3, 0.4) is 0 Å². The number of rotatable bonds is 2. The third-order valence-corrected chi connectivity index (χ3v) is 4.90. The van der Waals surface area contributed by atoms with Gasteiger partial charge in [0.05, 0.1) is 0 Å². The van der Waals surface area contributed by atoms with Crippen LogP contribution >= 0.6 is 11.3 Å². The summed E-state index contributed by atoms with van der Waals surface area (Å²) in [6.45, 7) is 0. The Morgan fingerprint density at radius 1 is 1.27 bits per heavy atom. The van der Waals surface area contributed by atoms with Gasteiger partial charge in [-0.15, -0.1) is 11.3 Å². The maximum Gasteiger partial charge on any atom is 0.143 e. The average molecular weight is 220 g/mol. The average Bonchev–Trinajstić information content (AvgIpc) is 2.61. The number of hydrogen-bond acceptors (Lipinski definition) is 2. The van der Waals surface area contributed by atoms with Crippen LogP contribution < -0.4 is 0 Å². The van der Waals surface area contributed by atoms with E-state index in [0.29, 0.717) is 11.7 Å². The number of Topliss-reactive ketones (excluding diaryl/α,β-unsaturated/α-hetero) is 1. The van der Waals surface area contributed by atoms with Gasteiger partial charge >= 0.3 is 0 Å². The van der Waals surface area contributed by atoms with Gasteiger partial charge in [0.1, 0.15) is 5.78 Å². The van der Waals surface area contributed by atoms with Gasteiger partial charge < -0.3 is 0 Å². The Bertz CT molecular complexity index is 376. The lowest BCUT2D eigenvalue weighted by atomic mass is 9.73. The molecular formula is C13H16OS. The third kappa shape index (κ3) is 1.55. The molecule has 1 nitrogen and oxygen atoms in total. The molecule has 15 heavy (non-hydrogen) atoms. The molecule has 1 aromatic rings. The van der Waals surface area contributed by atoms with Crippen molar-refractivity contribution in [1.82, 2.24) is 0 Å². The first-order valence-electron chi connectivity index (χ1n) is 5.96. The second-order valence-corrected chi connectivity index (χ2v) is 5.77. The molecule has 1 unspecified atom stereocenters. The molecule has 1 saturated carbocycles. The van der Waals surface area contributed by atoms with Crippen molar-refractivity contribution in [2.24, 2.45) is 5.92 Å². The highest BCUT2D eigenvalue weighted by molar-refractivity contribution is 7.10. The maximum atomic E-state index is 12.2. The SMILES string of the molecule is O=C(C1CCC1)C1CCCc2sccc21.